The smallest absolute Gasteiger partial charge is 0.443 e. The van der Waals surface area contributed by atoms with E-state index >= 15 is 0 Å². The molecule has 1 aromatic heterocycles. The van der Waals surface area contributed by atoms with Gasteiger partial charge in [-0.05, 0) is 67.9 Å². The summed E-state index contributed by atoms with van der Waals surface area (Å²) in [6.45, 7) is 17.7. The first-order chi connectivity index (χ1) is 12.2. The molecule has 1 saturated heterocycles. The zero-order chi connectivity index (χ0) is 20.4. The number of rotatable bonds is 1. The lowest BCUT2D eigenvalue weighted by molar-refractivity contribution is 0.00578. The van der Waals surface area contributed by atoms with Crippen LogP contribution >= 0.6 is 0 Å². The van der Waals surface area contributed by atoms with Crippen LogP contribution in [0.5, 0.6) is 0 Å². The third-order valence-electron chi connectivity index (χ3n) is 5.36. The topological polar surface area (TPSA) is 49.7 Å². The van der Waals surface area contributed by atoms with Crippen LogP contribution in [0, 0.1) is 13.8 Å². The second-order valence-electron chi connectivity index (χ2n) is 9.50. The molecule has 1 fully saturated rings. The fourth-order valence-electron chi connectivity index (χ4n) is 3.39. The molecule has 0 saturated carbocycles. The van der Waals surface area contributed by atoms with Gasteiger partial charge in [0, 0.05) is 17.0 Å². The first-order valence-corrected chi connectivity index (χ1v) is 9.43. The minimum absolute atomic E-state index is 0.401. The Morgan fingerprint density at radius 1 is 1.07 bits per heavy atom. The van der Waals surface area contributed by atoms with Gasteiger partial charge in [-0.2, -0.15) is 0 Å². The molecule has 27 heavy (non-hydrogen) atoms. The van der Waals surface area contributed by atoms with Gasteiger partial charge in [-0.15, -0.1) is 0 Å². The van der Waals surface area contributed by atoms with Gasteiger partial charge >= 0.3 is 13.2 Å². The lowest BCUT2D eigenvalue weighted by Crippen LogP contribution is -2.41. The molecule has 2 aromatic rings. The molecule has 0 N–H and O–H groups in total. The maximum Gasteiger partial charge on any atom is 0.497 e. The van der Waals surface area contributed by atoms with Crippen LogP contribution in [-0.2, 0) is 14.0 Å². The van der Waals surface area contributed by atoms with Crippen molar-refractivity contribution < 1.29 is 18.8 Å². The van der Waals surface area contributed by atoms with Crippen molar-refractivity contribution in [1.29, 1.82) is 0 Å². The van der Waals surface area contributed by atoms with Gasteiger partial charge in [0.25, 0.3) is 0 Å². The molecule has 0 atom stereocenters. The summed E-state index contributed by atoms with van der Waals surface area (Å²) in [6.07, 6.45) is 1.40. The van der Waals surface area contributed by atoms with Crippen molar-refractivity contribution in [2.75, 3.05) is 0 Å². The molecule has 0 aliphatic carbocycles. The summed E-state index contributed by atoms with van der Waals surface area (Å²) in [4.78, 5) is 12.9. The Morgan fingerprint density at radius 3 is 2.15 bits per heavy atom. The molecule has 1 aliphatic heterocycles. The van der Waals surface area contributed by atoms with E-state index < -0.39 is 30.0 Å². The zero-order valence-corrected chi connectivity index (χ0v) is 17.9. The summed E-state index contributed by atoms with van der Waals surface area (Å²) in [7, 11) is -0.539. The molecular formula is C21H30BNO4. The predicted octanol–water partition coefficient (Wildman–Crippen LogP) is 4.34. The standard InChI is InChI=1S/C21H30BNO4/c1-13-10-14(2)17-15(11-13)16(12-23(17)18(24)25-19(3,4)5)22-26-20(6,7)21(8,9)27-22/h10-12H,1-9H3. The van der Waals surface area contributed by atoms with Crippen molar-refractivity contribution in [3.63, 3.8) is 0 Å². The summed E-state index contributed by atoms with van der Waals surface area (Å²) < 4.78 is 19.7. The normalized spacial score (nSPS) is 18.9. The van der Waals surface area contributed by atoms with E-state index in [-0.39, 0.29) is 0 Å². The second kappa shape index (κ2) is 6.11. The predicted molar refractivity (Wildman–Crippen MR) is 109 cm³/mol. The van der Waals surface area contributed by atoms with Crippen LogP contribution in [0.15, 0.2) is 18.3 Å². The highest BCUT2D eigenvalue weighted by Gasteiger charge is 2.52. The monoisotopic (exact) mass is 371 g/mol. The quantitative estimate of drug-likeness (QED) is 0.700. The molecule has 0 unspecified atom stereocenters. The largest absolute Gasteiger partial charge is 0.497 e. The number of carbonyl (C=O) groups is 1. The molecule has 0 radical (unpaired) electrons. The first kappa shape index (κ1) is 20.0. The molecule has 1 aromatic carbocycles. The Kier molecular flexibility index (Phi) is 4.52. The molecule has 146 valence electrons. The molecular weight excluding hydrogens is 341 g/mol. The highest BCUT2D eigenvalue weighted by atomic mass is 16.7. The van der Waals surface area contributed by atoms with Crippen LogP contribution < -0.4 is 5.46 Å². The van der Waals surface area contributed by atoms with Crippen LogP contribution in [0.2, 0.25) is 0 Å². The van der Waals surface area contributed by atoms with E-state index in [1.807, 2.05) is 62.3 Å². The average Bonchev–Trinajstić information content (AvgIpc) is 2.92. The summed E-state index contributed by atoms with van der Waals surface area (Å²) >= 11 is 0. The van der Waals surface area contributed by atoms with Crippen LogP contribution in [0.1, 0.15) is 59.6 Å². The van der Waals surface area contributed by atoms with Crippen molar-refractivity contribution in [3.8, 4) is 0 Å². The number of nitrogens with zero attached hydrogens (tertiary/aromatic N) is 1. The van der Waals surface area contributed by atoms with Gasteiger partial charge in [0.2, 0.25) is 0 Å². The maximum absolute atomic E-state index is 12.9. The maximum atomic E-state index is 12.9. The number of aryl methyl sites for hydroxylation is 2. The van der Waals surface area contributed by atoms with E-state index in [2.05, 4.69) is 12.1 Å². The van der Waals surface area contributed by atoms with Crippen molar-refractivity contribution >= 4 is 29.6 Å². The Hall–Kier alpha value is -1.79. The Morgan fingerprint density at radius 2 is 1.63 bits per heavy atom. The van der Waals surface area contributed by atoms with E-state index in [0.29, 0.717) is 0 Å². The lowest BCUT2D eigenvalue weighted by Gasteiger charge is -2.32. The van der Waals surface area contributed by atoms with Crippen molar-refractivity contribution in [3.05, 3.63) is 29.5 Å². The van der Waals surface area contributed by atoms with Gasteiger partial charge in [0.15, 0.2) is 0 Å². The van der Waals surface area contributed by atoms with E-state index in [1.165, 1.54) is 0 Å². The SMILES string of the molecule is Cc1cc(C)c2c(c1)c(B1OC(C)(C)C(C)(C)O1)cn2C(=O)OC(C)(C)C. The molecule has 3 rings (SSSR count). The Bertz CT molecular complexity index is 889. The lowest BCUT2D eigenvalue weighted by atomic mass is 9.78. The number of hydrogen-bond acceptors (Lipinski definition) is 4. The van der Waals surface area contributed by atoms with Crippen LogP contribution in [0.4, 0.5) is 4.79 Å². The average molecular weight is 371 g/mol. The van der Waals surface area contributed by atoms with Gasteiger partial charge in [-0.3, -0.25) is 4.57 Å². The molecule has 5 nitrogen and oxygen atoms in total. The van der Waals surface area contributed by atoms with E-state index in [4.69, 9.17) is 14.0 Å². The van der Waals surface area contributed by atoms with Crippen molar-refractivity contribution in [1.82, 2.24) is 4.57 Å². The number of fused-ring (bicyclic) bond motifs is 1. The highest BCUT2D eigenvalue weighted by Crippen LogP contribution is 2.37. The van der Waals surface area contributed by atoms with Gasteiger partial charge in [0.1, 0.15) is 5.60 Å². The van der Waals surface area contributed by atoms with E-state index in [9.17, 15) is 4.79 Å². The van der Waals surface area contributed by atoms with E-state index in [1.54, 1.807) is 10.8 Å². The Labute approximate surface area is 162 Å². The third-order valence-corrected chi connectivity index (χ3v) is 5.36. The van der Waals surface area contributed by atoms with E-state index in [0.717, 1.165) is 27.5 Å². The molecule has 2 heterocycles. The summed E-state index contributed by atoms with van der Waals surface area (Å²) in [5.74, 6) is 0. The number of ether oxygens (including phenoxy) is 1. The molecule has 6 heteroatoms. The Balaban J connectivity index is 2.16. The number of hydrogen-bond donors (Lipinski definition) is 0. The highest BCUT2D eigenvalue weighted by molar-refractivity contribution is 6.65. The van der Waals surface area contributed by atoms with Crippen molar-refractivity contribution in [2.24, 2.45) is 0 Å². The van der Waals surface area contributed by atoms with Gasteiger partial charge in [-0.1, -0.05) is 17.7 Å². The van der Waals surface area contributed by atoms with Crippen LogP contribution in [0.3, 0.4) is 0 Å². The minimum Gasteiger partial charge on any atom is -0.443 e. The fraction of sp³-hybridized carbons (Fsp3) is 0.571. The fourth-order valence-corrected chi connectivity index (χ4v) is 3.39. The van der Waals surface area contributed by atoms with Gasteiger partial charge < -0.3 is 14.0 Å². The zero-order valence-electron chi connectivity index (χ0n) is 17.9. The molecule has 0 spiro atoms. The van der Waals surface area contributed by atoms with Gasteiger partial charge in [0.05, 0.1) is 16.7 Å². The van der Waals surface area contributed by atoms with Crippen molar-refractivity contribution in [2.45, 2.75) is 79.1 Å². The van der Waals surface area contributed by atoms with Gasteiger partial charge in [-0.25, -0.2) is 4.79 Å². The number of aromatic nitrogens is 1. The molecule has 1 aliphatic rings. The number of carbonyl (C=O) groups excluding carboxylic acids is 1. The molecule has 0 amide bonds. The first-order valence-electron chi connectivity index (χ1n) is 9.43. The van der Waals surface area contributed by atoms with Crippen LogP contribution in [-0.4, -0.2) is 34.6 Å². The summed E-state index contributed by atoms with van der Waals surface area (Å²) in [5, 5.41) is 0.955. The second-order valence-corrected chi connectivity index (χ2v) is 9.50. The minimum atomic E-state index is -0.573. The third kappa shape index (κ3) is 3.53. The summed E-state index contributed by atoms with van der Waals surface area (Å²) in [5.41, 5.74) is 2.35. The van der Waals surface area contributed by atoms with Crippen LogP contribution in [0.25, 0.3) is 10.9 Å². The molecule has 0 bridgehead atoms. The number of benzene rings is 1. The summed E-state index contributed by atoms with van der Waals surface area (Å²) in [6, 6.07) is 4.14.